The van der Waals surface area contributed by atoms with E-state index in [0.717, 1.165) is 5.56 Å². The van der Waals surface area contributed by atoms with Crippen molar-refractivity contribution in [1.82, 2.24) is 5.32 Å². The maximum Gasteiger partial charge on any atom is 0.167 e. The molecule has 4 nitrogen and oxygen atoms in total. The Hall–Kier alpha value is -2.17. The van der Waals surface area contributed by atoms with Crippen LogP contribution in [0.5, 0.6) is 5.75 Å². The van der Waals surface area contributed by atoms with E-state index in [9.17, 15) is 15.0 Å². The zero-order valence-corrected chi connectivity index (χ0v) is 14.1. The average Bonchev–Trinajstić information content (AvgIpc) is 2.62. The Bertz CT molecular complexity index is 640. The van der Waals surface area contributed by atoms with Gasteiger partial charge in [-0.25, -0.2) is 0 Å². The van der Waals surface area contributed by atoms with Crippen LogP contribution in [0.3, 0.4) is 0 Å². The van der Waals surface area contributed by atoms with Crippen LogP contribution < -0.4 is 5.32 Å². The molecule has 0 aromatic heterocycles. The van der Waals surface area contributed by atoms with Gasteiger partial charge >= 0.3 is 0 Å². The molecule has 0 fully saturated rings. The molecule has 0 saturated heterocycles. The maximum absolute atomic E-state index is 12.6. The summed E-state index contributed by atoms with van der Waals surface area (Å²) in [6.07, 6.45) is 0.0911. The zero-order chi connectivity index (χ0) is 17.5. The molecular weight excluding hydrogens is 302 g/mol. The summed E-state index contributed by atoms with van der Waals surface area (Å²) in [5, 5.41) is 23.0. The first-order valence-electron chi connectivity index (χ1n) is 8.32. The smallest absolute Gasteiger partial charge is 0.167 e. The fourth-order valence-electron chi connectivity index (χ4n) is 2.66. The van der Waals surface area contributed by atoms with Crippen molar-refractivity contribution in [3.8, 4) is 5.75 Å². The molecule has 128 valence electrons. The Balaban J connectivity index is 1.95. The van der Waals surface area contributed by atoms with Gasteiger partial charge in [0, 0.05) is 24.1 Å². The number of Topliss-reactive ketones (excluding diaryl/α,β-unsaturated/α-hetero) is 1. The summed E-state index contributed by atoms with van der Waals surface area (Å²) in [6, 6.07) is 15.7. The minimum atomic E-state index is -0.618. The number of rotatable bonds is 8. The molecule has 2 rings (SSSR count). The summed E-state index contributed by atoms with van der Waals surface area (Å²) in [5.41, 5.74) is 1.45. The maximum atomic E-state index is 12.6. The molecule has 3 unspecified atom stereocenters. The number of carbonyl (C=O) groups is 1. The van der Waals surface area contributed by atoms with E-state index in [0.29, 0.717) is 18.5 Å². The Morgan fingerprint density at radius 2 is 1.71 bits per heavy atom. The molecule has 0 aliphatic carbocycles. The van der Waals surface area contributed by atoms with Crippen LogP contribution in [0, 0.1) is 5.92 Å². The number of nitrogens with one attached hydrogen (secondary N) is 1. The molecule has 0 aliphatic rings. The van der Waals surface area contributed by atoms with Gasteiger partial charge in [0.15, 0.2) is 5.78 Å². The Morgan fingerprint density at radius 1 is 1.08 bits per heavy atom. The molecule has 3 N–H and O–H groups in total. The number of hydrogen-bond donors (Lipinski definition) is 3. The topological polar surface area (TPSA) is 69.6 Å². The monoisotopic (exact) mass is 327 g/mol. The van der Waals surface area contributed by atoms with Crippen molar-refractivity contribution < 1.29 is 15.0 Å². The van der Waals surface area contributed by atoms with Crippen molar-refractivity contribution >= 4 is 5.78 Å². The number of aromatic hydroxyl groups is 1. The molecule has 2 aromatic carbocycles. The quantitative estimate of drug-likeness (QED) is 0.651. The van der Waals surface area contributed by atoms with Gasteiger partial charge in [0.1, 0.15) is 5.75 Å². The first-order chi connectivity index (χ1) is 11.5. The second kappa shape index (κ2) is 8.62. The Labute approximate surface area is 143 Å². The molecular formula is C20H25NO3. The molecule has 0 spiro atoms. The highest BCUT2D eigenvalue weighted by molar-refractivity contribution is 5.98. The standard InChI is InChI=1S/C20H25NO3/c1-3-15(20(24)17-9-11-18(22)12-10-17)13-21-14(2)19(23)16-7-5-4-6-8-16/h4-12,14-15,19,21-23H,3,13H2,1-2H3. The lowest BCUT2D eigenvalue weighted by Gasteiger charge is -2.23. The molecule has 2 aromatic rings. The minimum absolute atomic E-state index is 0.0476. The highest BCUT2D eigenvalue weighted by Gasteiger charge is 2.21. The van der Waals surface area contributed by atoms with Gasteiger partial charge < -0.3 is 15.5 Å². The van der Waals surface area contributed by atoms with Crippen molar-refractivity contribution in [1.29, 1.82) is 0 Å². The predicted molar refractivity (Wildman–Crippen MR) is 95.1 cm³/mol. The van der Waals surface area contributed by atoms with Gasteiger partial charge in [-0.2, -0.15) is 0 Å². The lowest BCUT2D eigenvalue weighted by atomic mass is 9.94. The van der Waals surface area contributed by atoms with Crippen LogP contribution in [0.1, 0.15) is 42.3 Å². The third kappa shape index (κ3) is 4.66. The first-order valence-corrected chi connectivity index (χ1v) is 8.32. The Kier molecular flexibility index (Phi) is 6.53. The molecule has 0 saturated carbocycles. The fraction of sp³-hybridized carbons (Fsp3) is 0.350. The number of benzene rings is 2. The van der Waals surface area contributed by atoms with Gasteiger partial charge in [-0.15, -0.1) is 0 Å². The summed E-state index contributed by atoms with van der Waals surface area (Å²) < 4.78 is 0. The number of aliphatic hydroxyl groups excluding tert-OH is 1. The second-order valence-corrected chi connectivity index (χ2v) is 6.07. The lowest BCUT2D eigenvalue weighted by molar-refractivity contribution is 0.0897. The van der Waals surface area contributed by atoms with Gasteiger partial charge in [0.2, 0.25) is 0 Å². The predicted octanol–water partition coefficient (Wildman–Crippen LogP) is 3.31. The summed E-state index contributed by atoms with van der Waals surface area (Å²) in [7, 11) is 0. The second-order valence-electron chi connectivity index (χ2n) is 6.07. The largest absolute Gasteiger partial charge is 0.508 e. The van der Waals surface area contributed by atoms with Gasteiger partial charge in [0.05, 0.1) is 6.10 Å². The summed E-state index contributed by atoms with van der Waals surface area (Å²) in [5.74, 6) is 0.0312. The average molecular weight is 327 g/mol. The molecule has 0 amide bonds. The van der Waals surface area contributed by atoms with Crippen molar-refractivity contribution in [2.45, 2.75) is 32.4 Å². The van der Waals surface area contributed by atoms with E-state index in [1.165, 1.54) is 12.1 Å². The molecule has 0 radical (unpaired) electrons. The number of carbonyl (C=O) groups excluding carboxylic acids is 1. The van der Waals surface area contributed by atoms with Crippen molar-refractivity contribution in [2.24, 2.45) is 5.92 Å². The van der Waals surface area contributed by atoms with E-state index in [1.807, 2.05) is 44.2 Å². The zero-order valence-electron chi connectivity index (χ0n) is 14.1. The molecule has 0 bridgehead atoms. The SMILES string of the molecule is CCC(CNC(C)C(O)c1ccccc1)C(=O)c1ccc(O)cc1. The van der Waals surface area contributed by atoms with E-state index in [2.05, 4.69) is 5.32 Å². The third-order valence-electron chi connectivity index (χ3n) is 4.32. The van der Waals surface area contributed by atoms with Crippen LogP contribution in [0.4, 0.5) is 0 Å². The molecule has 3 atom stereocenters. The van der Waals surface area contributed by atoms with Crippen molar-refractivity contribution in [2.75, 3.05) is 6.54 Å². The number of hydrogen-bond acceptors (Lipinski definition) is 4. The molecule has 4 heteroatoms. The fourth-order valence-corrected chi connectivity index (χ4v) is 2.66. The first kappa shape index (κ1) is 18.2. The van der Waals surface area contributed by atoms with Crippen LogP contribution in [0.25, 0.3) is 0 Å². The van der Waals surface area contributed by atoms with Crippen LogP contribution in [-0.4, -0.2) is 28.6 Å². The third-order valence-corrected chi connectivity index (χ3v) is 4.32. The molecule has 24 heavy (non-hydrogen) atoms. The van der Waals surface area contributed by atoms with Crippen molar-refractivity contribution in [3.63, 3.8) is 0 Å². The number of phenolic OH excluding ortho intramolecular Hbond substituents is 1. The summed E-state index contributed by atoms with van der Waals surface area (Å²) >= 11 is 0. The van der Waals surface area contributed by atoms with Crippen LogP contribution in [-0.2, 0) is 0 Å². The van der Waals surface area contributed by atoms with Crippen LogP contribution >= 0.6 is 0 Å². The summed E-state index contributed by atoms with van der Waals surface area (Å²) in [4.78, 5) is 12.6. The van der Waals surface area contributed by atoms with Crippen LogP contribution in [0.15, 0.2) is 54.6 Å². The van der Waals surface area contributed by atoms with Gasteiger partial charge in [-0.1, -0.05) is 37.3 Å². The van der Waals surface area contributed by atoms with Gasteiger partial charge in [0.25, 0.3) is 0 Å². The molecule has 0 heterocycles. The normalized spacial score (nSPS) is 14.8. The summed E-state index contributed by atoms with van der Waals surface area (Å²) in [6.45, 7) is 4.39. The lowest BCUT2D eigenvalue weighted by Crippen LogP contribution is -2.37. The molecule has 0 aliphatic heterocycles. The minimum Gasteiger partial charge on any atom is -0.508 e. The van der Waals surface area contributed by atoms with E-state index in [4.69, 9.17) is 0 Å². The van der Waals surface area contributed by atoms with E-state index >= 15 is 0 Å². The van der Waals surface area contributed by atoms with Gasteiger partial charge in [-0.3, -0.25) is 4.79 Å². The highest BCUT2D eigenvalue weighted by Crippen LogP contribution is 2.18. The number of phenols is 1. The van der Waals surface area contributed by atoms with E-state index < -0.39 is 6.10 Å². The van der Waals surface area contributed by atoms with Gasteiger partial charge in [-0.05, 0) is 43.2 Å². The van der Waals surface area contributed by atoms with E-state index in [1.54, 1.807) is 12.1 Å². The van der Waals surface area contributed by atoms with Crippen molar-refractivity contribution in [3.05, 3.63) is 65.7 Å². The van der Waals surface area contributed by atoms with Crippen LogP contribution in [0.2, 0.25) is 0 Å². The Morgan fingerprint density at radius 3 is 2.29 bits per heavy atom. The number of ketones is 1. The highest BCUT2D eigenvalue weighted by atomic mass is 16.3. The van der Waals surface area contributed by atoms with E-state index in [-0.39, 0.29) is 23.5 Å². The number of aliphatic hydroxyl groups is 1.